The van der Waals surface area contributed by atoms with E-state index in [2.05, 4.69) is 14.8 Å². The Kier molecular flexibility index (Phi) is 3.87. The third kappa shape index (κ3) is 3.05. The lowest BCUT2D eigenvalue weighted by Gasteiger charge is -2.35. The first-order valence-electron chi connectivity index (χ1n) is 6.92. The average Bonchev–Trinajstić information content (AvgIpc) is 2.97. The molecule has 0 atom stereocenters. The summed E-state index contributed by atoms with van der Waals surface area (Å²) < 4.78 is 5.01. The predicted molar refractivity (Wildman–Crippen MR) is 77.4 cm³/mol. The van der Waals surface area contributed by atoms with Crippen LogP contribution in [0.5, 0.6) is 0 Å². The number of hydrogen-bond donors (Lipinski definition) is 1. The number of nitrogens with zero attached hydrogens (tertiary/aromatic N) is 3. The van der Waals surface area contributed by atoms with Crippen LogP contribution in [-0.2, 0) is 6.54 Å². The van der Waals surface area contributed by atoms with E-state index < -0.39 is 5.97 Å². The molecule has 1 N–H and O–H groups in total. The minimum Gasteiger partial charge on any atom is -0.475 e. The van der Waals surface area contributed by atoms with Crippen molar-refractivity contribution in [2.24, 2.45) is 0 Å². The first kappa shape index (κ1) is 13.6. The molecule has 1 aliphatic heterocycles. The Hall–Kier alpha value is -2.34. The topological polar surface area (TPSA) is 69.8 Å². The van der Waals surface area contributed by atoms with Crippen molar-refractivity contribution in [2.45, 2.75) is 6.54 Å². The molecular formula is C15H17N3O3. The Bertz CT molecular complexity index is 604. The molecule has 0 aliphatic carbocycles. The van der Waals surface area contributed by atoms with Crippen LogP contribution in [0.15, 0.2) is 41.1 Å². The van der Waals surface area contributed by atoms with Gasteiger partial charge in [0.1, 0.15) is 5.82 Å². The summed E-state index contributed by atoms with van der Waals surface area (Å²) in [6.07, 6.45) is 3.23. The molecule has 0 unspecified atom stereocenters. The van der Waals surface area contributed by atoms with E-state index >= 15 is 0 Å². The van der Waals surface area contributed by atoms with Gasteiger partial charge in [0.25, 0.3) is 0 Å². The fourth-order valence-corrected chi connectivity index (χ4v) is 2.56. The van der Waals surface area contributed by atoms with Crippen molar-refractivity contribution in [3.8, 4) is 0 Å². The standard InChI is InChI=1S/C15H17N3O3/c19-15(20)14-12(4-10-21-14)11-17-6-8-18(9-7-17)13-3-1-2-5-16-13/h1-5,10H,6-9,11H2,(H,19,20). The number of pyridine rings is 1. The van der Waals surface area contributed by atoms with Gasteiger partial charge in [0, 0.05) is 44.5 Å². The molecule has 21 heavy (non-hydrogen) atoms. The number of carboxylic acid groups (broad SMARTS) is 1. The summed E-state index contributed by atoms with van der Waals surface area (Å²) in [4.78, 5) is 19.9. The molecule has 110 valence electrons. The maximum atomic E-state index is 11.0. The van der Waals surface area contributed by atoms with Crippen LogP contribution in [-0.4, -0.2) is 47.1 Å². The molecule has 1 saturated heterocycles. The van der Waals surface area contributed by atoms with Gasteiger partial charge in [-0.3, -0.25) is 4.90 Å². The highest BCUT2D eigenvalue weighted by Crippen LogP contribution is 2.17. The van der Waals surface area contributed by atoms with Crippen molar-refractivity contribution in [2.75, 3.05) is 31.1 Å². The summed E-state index contributed by atoms with van der Waals surface area (Å²) >= 11 is 0. The maximum absolute atomic E-state index is 11.0. The van der Waals surface area contributed by atoms with E-state index in [1.807, 2.05) is 18.2 Å². The number of aromatic carboxylic acids is 1. The average molecular weight is 287 g/mol. The summed E-state index contributed by atoms with van der Waals surface area (Å²) in [6.45, 7) is 4.13. The molecule has 6 heteroatoms. The van der Waals surface area contributed by atoms with Gasteiger partial charge in [-0.1, -0.05) is 6.07 Å². The molecule has 6 nitrogen and oxygen atoms in total. The number of carbonyl (C=O) groups is 1. The molecule has 0 amide bonds. The highest BCUT2D eigenvalue weighted by molar-refractivity contribution is 5.86. The van der Waals surface area contributed by atoms with E-state index in [4.69, 9.17) is 9.52 Å². The molecule has 0 aromatic carbocycles. The number of aromatic nitrogens is 1. The van der Waals surface area contributed by atoms with Gasteiger partial charge in [-0.15, -0.1) is 0 Å². The Morgan fingerprint density at radius 2 is 2.05 bits per heavy atom. The van der Waals surface area contributed by atoms with Gasteiger partial charge in [0.2, 0.25) is 5.76 Å². The molecule has 1 fully saturated rings. The highest BCUT2D eigenvalue weighted by atomic mass is 16.4. The highest BCUT2D eigenvalue weighted by Gasteiger charge is 2.21. The van der Waals surface area contributed by atoms with Gasteiger partial charge in [0.15, 0.2) is 0 Å². The van der Waals surface area contributed by atoms with E-state index in [0.29, 0.717) is 6.54 Å². The van der Waals surface area contributed by atoms with Crippen LogP contribution in [0, 0.1) is 0 Å². The van der Waals surface area contributed by atoms with E-state index in [0.717, 1.165) is 37.6 Å². The third-order valence-corrected chi connectivity index (χ3v) is 3.68. The maximum Gasteiger partial charge on any atom is 0.372 e. The Morgan fingerprint density at radius 1 is 1.24 bits per heavy atom. The van der Waals surface area contributed by atoms with E-state index in [9.17, 15) is 4.79 Å². The first-order chi connectivity index (χ1) is 10.2. The molecule has 2 aromatic heterocycles. The zero-order chi connectivity index (χ0) is 14.7. The van der Waals surface area contributed by atoms with Gasteiger partial charge in [-0.25, -0.2) is 9.78 Å². The molecule has 1 aliphatic rings. The van der Waals surface area contributed by atoms with E-state index in [1.165, 1.54) is 6.26 Å². The third-order valence-electron chi connectivity index (χ3n) is 3.68. The van der Waals surface area contributed by atoms with Crippen LogP contribution in [0.3, 0.4) is 0 Å². The molecule has 0 bridgehead atoms. The summed E-state index contributed by atoms with van der Waals surface area (Å²) in [5, 5.41) is 9.05. The number of furan rings is 1. The largest absolute Gasteiger partial charge is 0.475 e. The number of rotatable bonds is 4. The van der Waals surface area contributed by atoms with Gasteiger partial charge in [-0.2, -0.15) is 0 Å². The summed E-state index contributed by atoms with van der Waals surface area (Å²) in [7, 11) is 0. The number of carboxylic acids is 1. The number of hydrogen-bond acceptors (Lipinski definition) is 5. The van der Waals surface area contributed by atoms with Crippen molar-refractivity contribution in [1.82, 2.24) is 9.88 Å². The molecule has 0 spiro atoms. The lowest BCUT2D eigenvalue weighted by atomic mass is 10.2. The van der Waals surface area contributed by atoms with Crippen molar-refractivity contribution in [1.29, 1.82) is 0 Å². The second kappa shape index (κ2) is 5.97. The second-order valence-electron chi connectivity index (χ2n) is 5.03. The Balaban J connectivity index is 1.59. The monoisotopic (exact) mass is 287 g/mol. The minimum absolute atomic E-state index is 0.0437. The van der Waals surface area contributed by atoms with E-state index in [1.54, 1.807) is 12.3 Å². The fraction of sp³-hybridized carbons (Fsp3) is 0.333. The number of piperazine rings is 1. The molecule has 0 saturated carbocycles. The zero-order valence-corrected chi connectivity index (χ0v) is 11.6. The van der Waals surface area contributed by atoms with Gasteiger partial charge < -0.3 is 14.4 Å². The molecule has 3 heterocycles. The van der Waals surface area contributed by atoms with Gasteiger partial charge in [-0.05, 0) is 18.2 Å². The SMILES string of the molecule is O=C(O)c1occc1CN1CCN(c2ccccn2)CC1. The normalized spacial score (nSPS) is 16.1. The van der Waals surface area contributed by atoms with Crippen LogP contribution in [0.1, 0.15) is 16.1 Å². The van der Waals surface area contributed by atoms with Gasteiger partial charge >= 0.3 is 5.97 Å². The van der Waals surface area contributed by atoms with E-state index in [-0.39, 0.29) is 5.76 Å². The van der Waals surface area contributed by atoms with Crippen LogP contribution < -0.4 is 4.90 Å². The summed E-state index contributed by atoms with van der Waals surface area (Å²) in [5.74, 6) is 0.0240. The Morgan fingerprint density at radius 3 is 2.71 bits per heavy atom. The van der Waals surface area contributed by atoms with Crippen molar-refractivity contribution < 1.29 is 14.3 Å². The molecule has 2 aromatic rings. The zero-order valence-electron chi connectivity index (χ0n) is 11.6. The first-order valence-corrected chi connectivity index (χ1v) is 6.92. The minimum atomic E-state index is -1.01. The van der Waals surface area contributed by atoms with Crippen molar-refractivity contribution in [3.63, 3.8) is 0 Å². The van der Waals surface area contributed by atoms with Crippen LogP contribution >= 0.6 is 0 Å². The smallest absolute Gasteiger partial charge is 0.372 e. The predicted octanol–water partition coefficient (Wildman–Crippen LogP) is 1.70. The summed E-state index contributed by atoms with van der Waals surface area (Å²) in [5.41, 5.74) is 0.730. The lowest BCUT2D eigenvalue weighted by molar-refractivity contribution is 0.0659. The second-order valence-corrected chi connectivity index (χ2v) is 5.03. The fourth-order valence-electron chi connectivity index (χ4n) is 2.56. The van der Waals surface area contributed by atoms with Crippen molar-refractivity contribution >= 4 is 11.8 Å². The molecule has 0 radical (unpaired) electrons. The Labute approximate surface area is 122 Å². The molecule has 3 rings (SSSR count). The van der Waals surface area contributed by atoms with Crippen LogP contribution in [0.2, 0.25) is 0 Å². The van der Waals surface area contributed by atoms with Crippen molar-refractivity contribution in [3.05, 3.63) is 48.0 Å². The van der Waals surface area contributed by atoms with Crippen LogP contribution in [0.4, 0.5) is 5.82 Å². The molecular weight excluding hydrogens is 270 g/mol. The quantitative estimate of drug-likeness (QED) is 0.923. The summed E-state index contributed by atoms with van der Waals surface area (Å²) in [6, 6.07) is 7.63. The van der Waals surface area contributed by atoms with Crippen LogP contribution in [0.25, 0.3) is 0 Å². The lowest BCUT2D eigenvalue weighted by Crippen LogP contribution is -2.46. The van der Waals surface area contributed by atoms with Gasteiger partial charge in [0.05, 0.1) is 6.26 Å². The number of anilines is 1.